The summed E-state index contributed by atoms with van der Waals surface area (Å²) in [6.07, 6.45) is 1.39. The van der Waals surface area contributed by atoms with Crippen LogP contribution >= 0.6 is 23.2 Å². The average Bonchev–Trinajstić information content (AvgIpc) is 3.01. The second-order valence-electron chi connectivity index (χ2n) is 5.92. The van der Waals surface area contributed by atoms with Crippen molar-refractivity contribution in [1.29, 1.82) is 0 Å². The Morgan fingerprint density at radius 1 is 1.18 bits per heavy atom. The molecule has 28 heavy (non-hydrogen) atoms. The summed E-state index contributed by atoms with van der Waals surface area (Å²) < 4.78 is 47.8. The van der Waals surface area contributed by atoms with Crippen molar-refractivity contribution in [2.45, 2.75) is 11.4 Å². The Morgan fingerprint density at radius 2 is 1.89 bits per heavy atom. The minimum atomic E-state index is -4.10. The molecule has 2 aromatic carbocycles. The first-order valence-corrected chi connectivity index (χ1v) is 10.4. The van der Waals surface area contributed by atoms with Gasteiger partial charge in [0.2, 0.25) is 0 Å². The molecule has 1 N–H and O–H groups in total. The normalized spacial score (nSPS) is 11.6. The maximum absolute atomic E-state index is 14.7. The first-order valence-electron chi connectivity index (χ1n) is 8.19. The fraction of sp³-hybridized carbons (Fsp3) is 0.158. The Kier molecular flexibility index (Phi) is 6.00. The lowest BCUT2D eigenvalue weighted by atomic mass is 10.1. The fourth-order valence-corrected chi connectivity index (χ4v) is 4.88. The lowest BCUT2D eigenvalue weighted by Gasteiger charge is -2.14. The number of nitrogens with zero attached hydrogens (tertiary/aromatic N) is 1. The van der Waals surface area contributed by atoms with Crippen LogP contribution < -0.4 is 10.1 Å². The molecule has 1 aromatic heterocycles. The van der Waals surface area contributed by atoms with Gasteiger partial charge in [-0.15, -0.1) is 0 Å². The summed E-state index contributed by atoms with van der Waals surface area (Å²) in [6, 6.07) is 9.98. The quantitative estimate of drug-likeness (QED) is 0.607. The SMILES string of the molecule is CNCc1cn(S(=O)(=O)c2cccc(Cl)c2)c(-c2c(F)cccc2Cl)c1OC. The maximum atomic E-state index is 14.7. The number of halogens is 3. The number of hydrogen-bond donors (Lipinski definition) is 1. The zero-order valence-electron chi connectivity index (χ0n) is 15.0. The van der Waals surface area contributed by atoms with Gasteiger partial charge >= 0.3 is 0 Å². The van der Waals surface area contributed by atoms with Gasteiger partial charge < -0.3 is 10.1 Å². The highest BCUT2D eigenvalue weighted by Crippen LogP contribution is 2.42. The van der Waals surface area contributed by atoms with Crippen LogP contribution in [-0.2, 0) is 16.6 Å². The van der Waals surface area contributed by atoms with Gasteiger partial charge in [-0.2, -0.15) is 0 Å². The van der Waals surface area contributed by atoms with Crippen molar-refractivity contribution in [3.8, 4) is 17.0 Å². The smallest absolute Gasteiger partial charge is 0.268 e. The number of ether oxygens (including phenoxy) is 1. The van der Waals surface area contributed by atoms with E-state index < -0.39 is 15.8 Å². The van der Waals surface area contributed by atoms with E-state index in [1.807, 2.05) is 0 Å². The van der Waals surface area contributed by atoms with Gasteiger partial charge in [0, 0.05) is 23.3 Å². The summed E-state index contributed by atoms with van der Waals surface area (Å²) in [5, 5.41) is 3.27. The van der Waals surface area contributed by atoms with E-state index in [4.69, 9.17) is 27.9 Å². The van der Waals surface area contributed by atoms with Crippen molar-refractivity contribution in [2.24, 2.45) is 0 Å². The van der Waals surface area contributed by atoms with E-state index in [1.165, 1.54) is 49.7 Å². The van der Waals surface area contributed by atoms with Crippen molar-refractivity contribution in [3.63, 3.8) is 0 Å². The third kappa shape index (κ3) is 3.63. The monoisotopic (exact) mass is 442 g/mol. The molecule has 5 nitrogen and oxygen atoms in total. The molecule has 3 aromatic rings. The van der Waals surface area contributed by atoms with Crippen LogP contribution in [0.5, 0.6) is 5.75 Å². The summed E-state index contributed by atoms with van der Waals surface area (Å²) in [4.78, 5) is -0.0395. The van der Waals surface area contributed by atoms with Crippen LogP contribution in [0.1, 0.15) is 5.56 Å². The third-order valence-corrected chi connectivity index (χ3v) is 6.33. The Morgan fingerprint density at radius 3 is 2.50 bits per heavy atom. The Bertz CT molecular complexity index is 1110. The van der Waals surface area contributed by atoms with E-state index in [0.717, 1.165) is 3.97 Å². The molecule has 9 heteroatoms. The van der Waals surface area contributed by atoms with Crippen LogP contribution in [0.4, 0.5) is 4.39 Å². The Hall–Kier alpha value is -2.06. The molecule has 0 bridgehead atoms. The molecule has 0 fully saturated rings. The predicted octanol–water partition coefficient (Wildman–Crippen LogP) is 4.57. The van der Waals surface area contributed by atoms with Crippen LogP contribution in [0.2, 0.25) is 10.0 Å². The van der Waals surface area contributed by atoms with Gasteiger partial charge in [0.15, 0.2) is 0 Å². The molecule has 0 saturated carbocycles. The molecule has 1 heterocycles. The molecule has 0 atom stereocenters. The molecule has 0 saturated heterocycles. The maximum Gasteiger partial charge on any atom is 0.268 e. The lowest BCUT2D eigenvalue weighted by molar-refractivity contribution is 0.411. The van der Waals surface area contributed by atoms with Crippen molar-refractivity contribution in [2.75, 3.05) is 14.2 Å². The van der Waals surface area contributed by atoms with Gasteiger partial charge in [0.25, 0.3) is 10.0 Å². The zero-order valence-corrected chi connectivity index (χ0v) is 17.4. The highest BCUT2D eigenvalue weighted by Gasteiger charge is 2.29. The molecular weight excluding hydrogens is 426 g/mol. The number of rotatable bonds is 6. The fourth-order valence-electron chi connectivity index (χ4n) is 2.94. The summed E-state index contributed by atoms with van der Waals surface area (Å²) in [5.74, 6) is -0.450. The molecule has 0 spiro atoms. The van der Waals surface area contributed by atoms with Crippen LogP contribution in [0.3, 0.4) is 0 Å². The summed E-state index contributed by atoms with van der Waals surface area (Å²) in [5.41, 5.74) is 0.481. The number of benzene rings is 2. The second-order valence-corrected chi connectivity index (χ2v) is 8.58. The van der Waals surface area contributed by atoms with Crippen LogP contribution in [-0.4, -0.2) is 26.5 Å². The number of methoxy groups -OCH3 is 1. The standard InChI is InChI=1S/C19H17Cl2FN2O3S/c1-23-10-12-11-24(28(25,26)14-6-3-5-13(20)9-14)18(19(12)27-2)17-15(21)7-4-8-16(17)22/h3-9,11,23H,10H2,1-2H3. The zero-order chi connectivity index (χ0) is 20.5. The average molecular weight is 443 g/mol. The summed E-state index contributed by atoms with van der Waals surface area (Å²) >= 11 is 12.2. The highest BCUT2D eigenvalue weighted by molar-refractivity contribution is 7.90. The van der Waals surface area contributed by atoms with E-state index >= 15 is 0 Å². The number of nitrogens with one attached hydrogen (secondary N) is 1. The first kappa shape index (κ1) is 20.7. The topological polar surface area (TPSA) is 60.3 Å². The van der Waals surface area contributed by atoms with Crippen molar-refractivity contribution >= 4 is 33.2 Å². The van der Waals surface area contributed by atoms with E-state index in [2.05, 4.69) is 5.32 Å². The molecule has 0 aliphatic carbocycles. The molecule has 148 valence electrons. The first-order chi connectivity index (χ1) is 13.3. The van der Waals surface area contributed by atoms with E-state index in [9.17, 15) is 12.8 Å². The number of hydrogen-bond acceptors (Lipinski definition) is 4. The second kappa shape index (κ2) is 8.13. The molecule has 0 aliphatic rings. The Balaban J connectivity index is 2.39. The largest absolute Gasteiger partial charge is 0.494 e. The van der Waals surface area contributed by atoms with Crippen LogP contribution in [0, 0.1) is 5.82 Å². The van der Waals surface area contributed by atoms with Crippen LogP contribution in [0.25, 0.3) is 11.3 Å². The van der Waals surface area contributed by atoms with Gasteiger partial charge in [-0.3, -0.25) is 0 Å². The molecule has 0 amide bonds. The van der Waals surface area contributed by atoms with Crippen molar-refractivity contribution in [1.82, 2.24) is 9.29 Å². The number of aromatic nitrogens is 1. The van der Waals surface area contributed by atoms with Crippen molar-refractivity contribution < 1.29 is 17.5 Å². The molecule has 3 rings (SSSR count). The van der Waals surface area contributed by atoms with Gasteiger partial charge in [0.05, 0.1) is 22.6 Å². The van der Waals surface area contributed by atoms with E-state index in [-0.39, 0.29) is 31.9 Å². The van der Waals surface area contributed by atoms with Gasteiger partial charge in [-0.05, 0) is 37.4 Å². The summed E-state index contributed by atoms with van der Waals surface area (Å²) in [7, 11) is -1.01. The Labute approximate surface area is 172 Å². The lowest BCUT2D eigenvalue weighted by Crippen LogP contribution is -2.14. The third-order valence-electron chi connectivity index (χ3n) is 4.12. The van der Waals surface area contributed by atoms with Gasteiger partial charge in [-0.25, -0.2) is 16.8 Å². The summed E-state index contributed by atoms with van der Waals surface area (Å²) in [6.45, 7) is 0.306. The van der Waals surface area contributed by atoms with E-state index in [0.29, 0.717) is 12.1 Å². The van der Waals surface area contributed by atoms with Crippen LogP contribution in [0.15, 0.2) is 53.6 Å². The predicted molar refractivity (Wildman–Crippen MR) is 108 cm³/mol. The van der Waals surface area contributed by atoms with Crippen molar-refractivity contribution in [3.05, 3.63) is 70.1 Å². The minimum absolute atomic E-state index is 0.0100. The molecule has 0 unspecified atom stereocenters. The highest BCUT2D eigenvalue weighted by atomic mass is 35.5. The minimum Gasteiger partial charge on any atom is -0.494 e. The molecule has 0 aliphatic heterocycles. The van der Waals surface area contributed by atoms with Gasteiger partial charge in [-0.1, -0.05) is 35.3 Å². The molecular formula is C19H17Cl2FN2O3S. The van der Waals surface area contributed by atoms with E-state index in [1.54, 1.807) is 13.1 Å². The molecule has 0 radical (unpaired) electrons. The van der Waals surface area contributed by atoms with Gasteiger partial charge in [0.1, 0.15) is 17.3 Å².